The van der Waals surface area contributed by atoms with Crippen molar-refractivity contribution >= 4 is 0 Å². The number of rotatable bonds is 1. The molecule has 2 aliphatic heterocycles. The first-order chi connectivity index (χ1) is 6.03. The van der Waals surface area contributed by atoms with Crippen LogP contribution in [0.2, 0.25) is 0 Å². The molecule has 0 aromatic carbocycles. The van der Waals surface area contributed by atoms with E-state index in [0.717, 1.165) is 0 Å². The van der Waals surface area contributed by atoms with Gasteiger partial charge in [0.25, 0.3) is 0 Å². The number of aliphatic hydroxyl groups excluding tert-OH is 1. The molecule has 0 aliphatic carbocycles. The van der Waals surface area contributed by atoms with Gasteiger partial charge < -0.3 is 25.1 Å². The van der Waals surface area contributed by atoms with E-state index in [1.165, 1.54) is 0 Å². The fourth-order valence-electron chi connectivity index (χ4n) is 1.76. The Hall–Kier alpha value is -0.200. The van der Waals surface area contributed by atoms with Crippen LogP contribution in [-0.4, -0.2) is 42.0 Å². The van der Waals surface area contributed by atoms with Gasteiger partial charge in [0.1, 0.15) is 12.2 Å². The Labute approximate surface area is 76.8 Å². The summed E-state index contributed by atoms with van der Waals surface area (Å²) < 4.78 is 16.3. The summed E-state index contributed by atoms with van der Waals surface area (Å²) in [5, 5.41) is 8.91. The van der Waals surface area contributed by atoms with Crippen molar-refractivity contribution in [3.05, 3.63) is 0 Å². The van der Waals surface area contributed by atoms with E-state index in [-0.39, 0.29) is 24.9 Å². The minimum absolute atomic E-state index is 0.0959. The summed E-state index contributed by atoms with van der Waals surface area (Å²) in [4.78, 5) is 0. The molecule has 0 spiro atoms. The van der Waals surface area contributed by atoms with E-state index < -0.39 is 12.1 Å². The molecule has 4 unspecified atom stereocenters. The van der Waals surface area contributed by atoms with Gasteiger partial charge in [-0.05, 0) is 13.8 Å². The van der Waals surface area contributed by atoms with E-state index in [1.807, 2.05) is 13.8 Å². The number of nitrogens with two attached hydrogens (primary N) is 1. The summed E-state index contributed by atoms with van der Waals surface area (Å²) in [7, 11) is 0. The van der Waals surface area contributed by atoms with Crippen LogP contribution >= 0.6 is 0 Å². The average Bonchev–Trinajstić information content (AvgIpc) is 2.47. The molecule has 0 bridgehead atoms. The second kappa shape index (κ2) is 2.90. The van der Waals surface area contributed by atoms with E-state index in [0.29, 0.717) is 0 Å². The third-order valence-corrected chi connectivity index (χ3v) is 2.39. The summed E-state index contributed by atoms with van der Waals surface area (Å²) in [6, 6.07) is -0.309. The Morgan fingerprint density at radius 1 is 1.38 bits per heavy atom. The van der Waals surface area contributed by atoms with Gasteiger partial charge in [-0.15, -0.1) is 0 Å². The lowest BCUT2D eigenvalue weighted by Gasteiger charge is -2.22. The Morgan fingerprint density at radius 2 is 2.08 bits per heavy atom. The van der Waals surface area contributed by atoms with Crippen molar-refractivity contribution in [3.63, 3.8) is 0 Å². The molecule has 2 saturated heterocycles. The molecular formula is C8H15NO4. The second-order valence-electron chi connectivity index (χ2n) is 3.90. The Kier molecular flexibility index (Phi) is 2.08. The zero-order chi connectivity index (χ0) is 9.64. The van der Waals surface area contributed by atoms with Crippen LogP contribution in [0.5, 0.6) is 0 Å². The van der Waals surface area contributed by atoms with Gasteiger partial charge in [0.15, 0.2) is 12.1 Å². The van der Waals surface area contributed by atoms with Gasteiger partial charge in [-0.3, -0.25) is 0 Å². The van der Waals surface area contributed by atoms with Gasteiger partial charge in [0.2, 0.25) is 0 Å². The molecule has 0 saturated carbocycles. The highest BCUT2D eigenvalue weighted by molar-refractivity contribution is 4.95. The topological polar surface area (TPSA) is 73.9 Å². The Morgan fingerprint density at radius 3 is 2.62 bits per heavy atom. The number of fused-ring (bicyclic) bond motifs is 1. The molecular weight excluding hydrogens is 174 g/mol. The van der Waals surface area contributed by atoms with Crippen molar-refractivity contribution in [1.82, 2.24) is 0 Å². The van der Waals surface area contributed by atoms with Gasteiger partial charge in [-0.25, -0.2) is 0 Å². The first-order valence-corrected chi connectivity index (χ1v) is 4.41. The molecule has 4 atom stereocenters. The molecule has 5 heteroatoms. The lowest BCUT2D eigenvalue weighted by Crippen LogP contribution is -2.42. The molecule has 5 nitrogen and oxygen atoms in total. The highest BCUT2D eigenvalue weighted by atomic mass is 16.8. The third-order valence-electron chi connectivity index (χ3n) is 2.39. The highest BCUT2D eigenvalue weighted by Gasteiger charge is 2.53. The fourth-order valence-corrected chi connectivity index (χ4v) is 1.76. The number of ether oxygens (including phenoxy) is 3. The maximum absolute atomic E-state index is 8.91. The maximum Gasteiger partial charge on any atom is 0.189 e. The van der Waals surface area contributed by atoms with Crippen LogP contribution in [0.1, 0.15) is 13.8 Å². The van der Waals surface area contributed by atoms with E-state index in [4.69, 9.17) is 25.1 Å². The minimum Gasteiger partial charge on any atom is -0.394 e. The smallest absolute Gasteiger partial charge is 0.189 e. The van der Waals surface area contributed by atoms with Crippen molar-refractivity contribution in [2.75, 3.05) is 6.61 Å². The zero-order valence-corrected chi connectivity index (χ0v) is 7.77. The van der Waals surface area contributed by atoms with Crippen LogP contribution in [0.15, 0.2) is 0 Å². The van der Waals surface area contributed by atoms with Gasteiger partial charge in [-0.1, -0.05) is 0 Å². The molecule has 76 valence electrons. The molecule has 0 radical (unpaired) electrons. The summed E-state index contributed by atoms with van der Waals surface area (Å²) in [6.45, 7) is 3.53. The molecule has 0 aromatic rings. The summed E-state index contributed by atoms with van der Waals surface area (Å²) in [6.07, 6.45) is -1.06. The monoisotopic (exact) mass is 189 g/mol. The van der Waals surface area contributed by atoms with Crippen molar-refractivity contribution < 1.29 is 19.3 Å². The number of hydrogen-bond acceptors (Lipinski definition) is 5. The molecule has 13 heavy (non-hydrogen) atoms. The van der Waals surface area contributed by atoms with Crippen LogP contribution in [0.3, 0.4) is 0 Å². The van der Waals surface area contributed by atoms with Crippen LogP contribution in [0.25, 0.3) is 0 Å². The predicted octanol–water partition coefficient (Wildman–Crippen LogP) is -0.818. The van der Waals surface area contributed by atoms with Gasteiger partial charge >= 0.3 is 0 Å². The Bertz CT molecular complexity index is 208. The second-order valence-corrected chi connectivity index (χ2v) is 3.90. The van der Waals surface area contributed by atoms with Crippen molar-refractivity contribution in [1.29, 1.82) is 0 Å². The Balaban J connectivity index is 2.07. The van der Waals surface area contributed by atoms with Crippen LogP contribution in [0.4, 0.5) is 0 Å². The average molecular weight is 189 g/mol. The summed E-state index contributed by atoms with van der Waals surface area (Å²) in [5.74, 6) is -0.632. The molecule has 2 rings (SSSR count). The quantitative estimate of drug-likeness (QED) is 0.564. The van der Waals surface area contributed by atoms with Gasteiger partial charge in [0, 0.05) is 0 Å². The minimum atomic E-state index is -0.632. The molecule has 0 amide bonds. The number of hydrogen-bond donors (Lipinski definition) is 2. The lowest BCUT2D eigenvalue weighted by atomic mass is 10.1. The van der Waals surface area contributed by atoms with Crippen LogP contribution in [-0.2, 0) is 14.2 Å². The summed E-state index contributed by atoms with van der Waals surface area (Å²) in [5.41, 5.74) is 5.81. The largest absolute Gasteiger partial charge is 0.394 e. The molecule has 2 heterocycles. The van der Waals surface area contributed by atoms with Gasteiger partial charge in [-0.2, -0.15) is 0 Å². The first kappa shape index (κ1) is 9.36. The standard InChI is InChI=1S/C8H15NO4/c1-8(2)12-6-5(9)4(3-10)11-7(6)13-8/h4-7,10H,3,9H2,1-2H3. The van der Waals surface area contributed by atoms with E-state index in [1.54, 1.807) is 0 Å². The molecule has 2 aliphatic rings. The highest BCUT2D eigenvalue weighted by Crippen LogP contribution is 2.36. The van der Waals surface area contributed by atoms with E-state index >= 15 is 0 Å². The predicted molar refractivity (Wildman–Crippen MR) is 43.8 cm³/mol. The first-order valence-electron chi connectivity index (χ1n) is 4.41. The summed E-state index contributed by atoms with van der Waals surface area (Å²) >= 11 is 0. The lowest BCUT2D eigenvalue weighted by molar-refractivity contribution is -0.209. The maximum atomic E-state index is 8.91. The number of aliphatic hydroxyl groups is 1. The van der Waals surface area contributed by atoms with Crippen molar-refractivity contribution in [2.24, 2.45) is 5.73 Å². The fraction of sp³-hybridized carbons (Fsp3) is 1.00. The molecule has 3 N–H and O–H groups in total. The van der Waals surface area contributed by atoms with Crippen molar-refractivity contribution in [2.45, 2.75) is 44.2 Å². The SMILES string of the molecule is CC1(C)OC2OC(CO)C(N)C2O1. The molecule has 2 fully saturated rings. The van der Waals surface area contributed by atoms with Crippen molar-refractivity contribution in [3.8, 4) is 0 Å². The normalized spacial score (nSPS) is 48.0. The van der Waals surface area contributed by atoms with E-state index in [9.17, 15) is 0 Å². The zero-order valence-electron chi connectivity index (χ0n) is 7.77. The van der Waals surface area contributed by atoms with Crippen LogP contribution in [0, 0.1) is 0 Å². The molecule has 0 aromatic heterocycles. The third kappa shape index (κ3) is 1.47. The van der Waals surface area contributed by atoms with Crippen LogP contribution < -0.4 is 5.73 Å². The van der Waals surface area contributed by atoms with E-state index in [2.05, 4.69) is 0 Å². The van der Waals surface area contributed by atoms with Gasteiger partial charge in [0.05, 0.1) is 12.6 Å².